The summed E-state index contributed by atoms with van der Waals surface area (Å²) in [6, 6.07) is 2.51. The molecule has 0 aromatic carbocycles. The van der Waals surface area contributed by atoms with Crippen LogP contribution in [0.1, 0.15) is 0 Å². The Morgan fingerprint density at radius 2 is 2.00 bits per heavy atom. The van der Waals surface area contributed by atoms with Gasteiger partial charge < -0.3 is 15.2 Å². The van der Waals surface area contributed by atoms with E-state index in [0.717, 1.165) is 0 Å². The number of nitrogens with zero attached hydrogens (tertiary/aromatic N) is 1. The van der Waals surface area contributed by atoms with Crippen molar-refractivity contribution in [1.82, 2.24) is 4.98 Å². The quantitative estimate of drug-likeness (QED) is 0.381. The predicted octanol–water partition coefficient (Wildman–Crippen LogP) is -0.880. The van der Waals surface area contributed by atoms with Gasteiger partial charge in [-0.2, -0.15) is 0 Å². The Morgan fingerprint density at radius 3 is 2.45 bits per heavy atom. The molecule has 11 heavy (non-hydrogen) atoms. The largest absolute Gasteiger partial charge is 0.493 e. The minimum absolute atomic E-state index is 0.0736. The molecule has 3 N–H and O–H groups in total. The minimum Gasteiger partial charge on any atom is -0.493 e. The van der Waals surface area contributed by atoms with E-state index >= 15 is 0 Å². The van der Waals surface area contributed by atoms with E-state index in [2.05, 4.69) is 4.98 Å². The van der Waals surface area contributed by atoms with Crippen LogP contribution in [0.5, 0.6) is 5.88 Å². The van der Waals surface area contributed by atoms with E-state index in [9.17, 15) is 0 Å². The lowest BCUT2D eigenvalue weighted by Gasteiger charge is -2.00. The van der Waals surface area contributed by atoms with Crippen LogP contribution in [0.3, 0.4) is 0 Å². The van der Waals surface area contributed by atoms with Gasteiger partial charge in [-0.15, -0.1) is 0 Å². The summed E-state index contributed by atoms with van der Waals surface area (Å²) in [5.74, 6) is -0.251. The van der Waals surface area contributed by atoms with E-state index in [1.165, 1.54) is 12.1 Å². The van der Waals surface area contributed by atoms with Gasteiger partial charge in [0.05, 0.1) is 0 Å². The van der Waals surface area contributed by atoms with Crippen LogP contribution in [0.2, 0.25) is 5.15 Å². The van der Waals surface area contributed by atoms with E-state index < -0.39 is 7.12 Å². The summed E-state index contributed by atoms with van der Waals surface area (Å²) in [6.45, 7) is 0. The first kappa shape index (κ1) is 8.32. The Balaban J connectivity index is 3.09. The fourth-order valence-electron chi connectivity index (χ4n) is 0.628. The van der Waals surface area contributed by atoms with Crippen LogP contribution in [0, 0.1) is 0 Å². The summed E-state index contributed by atoms with van der Waals surface area (Å²) < 4.78 is 0. The maximum absolute atomic E-state index is 8.76. The van der Waals surface area contributed by atoms with Gasteiger partial charge in [0.2, 0.25) is 5.88 Å². The van der Waals surface area contributed by atoms with Crippen LogP contribution < -0.4 is 5.46 Å². The number of pyridine rings is 1. The molecular formula is C5H5BClNO3. The number of aromatic hydroxyl groups is 1. The van der Waals surface area contributed by atoms with E-state index in [1.54, 1.807) is 0 Å². The van der Waals surface area contributed by atoms with Crippen LogP contribution in [-0.2, 0) is 0 Å². The van der Waals surface area contributed by atoms with Crippen LogP contribution in [0.15, 0.2) is 12.1 Å². The van der Waals surface area contributed by atoms with Crippen LogP contribution in [0.4, 0.5) is 0 Å². The molecule has 0 aliphatic rings. The summed E-state index contributed by atoms with van der Waals surface area (Å²) in [6.07, 6.45) is 0. The first-order valence-corrected chi connectivity index (χ1v) is 3.20. The molecule has 0 saturated heterocycles. The van der Waals surface area contributed by atoms with Gasteiger partial charge in [-0.1, -0.05) is 17.7 Å². The van der Waals surface area contributed by atoms with Crippen LogP contribution in [0.25, 0.3) is 0 Å². The highest BCUT2D eigenvalue weighted by Gasteiger charge is 2.15. The lowest BCUT2D eigenvalue weighted by Crippen LogP contribution is -2.31. The highest BCUT2D eigenvalue weighted by Crippen LogP contribution is 2.07. The third kappa shape index (κ3) is 1.83. The summed E-state index contributed by atoms with van der Waals surface area (Å²) in [5, 5.41) is 25.9. The molecule has 0 radical (unpaired) electrons. The van der Waals surface area contributed by atoms with Gasteiger partial charge >= 0.3 is 7.12 Å². The SMILES string of the molecule is OB(O)c1ccc(O)nc1Cl. The number of aromatic nitrogens is 1. The van der Waals surface area contributed by atoms with E-state index in [4.69, 9.17) is 26.8 Å². The Bertz CT molecular complexity index is 268. The molecule has 0 spiro atoms. The molecule has 0 atom stereocenters. The Hall–Kier alpha value is -0.775. The second-order valence-corrected chi connectivity index (χ2v) is 2.28. The van der Waals surface area contributed by atoms with Crippen molar-refractivity contribution in [2.45, 2.75) is 0 Å². The van der Waals surface area contributed by atoms with Gasteiger partial charge in [0.25, 0.3) is 0 Å². The molecule has 4 nitrogen and oxygen atoms in total. The zero-order chi connectivity index (χ0) is 8.43. The second kappa shape index (κ2) is 3.08. The molecular weight excluding hydrogens is 168 g/mol. The lowest BCUT2D eigenvalue weighted by molar-refractivity contribution is 0.425. The molecule has 6 heteroatoms. The highest BCUT2D eigenvalue weighted by atomic mass is 35.5. The standard InChI is InChI=1S/C5H5BClNO3/c7-5-3(6(10)11)1-2-4(9)8-5/h1-2,10-11H,(H,8,9). The third-order valence-electron chi connectivity index (χ3n) is 1.14. The molecule has 0 fully saturated rings. The van der Waals surface area contributed by atoms with Gasteiger partial charge in [-0.25, -0.2) is 4.98 Å². The summed E-state index contributed by atoms with van der Waals surface area (Å²) in [4.78, 5) is 3.40. The maximum atomic E-state index is 8.76. The van der Waals surface area contributed by atoms with E-state index in [0.29, 0.717) is 0 Å². The Labute approximate surface area is 68.2 Å². The second-order valence-electron chi connectivity index (χ2n) is 1.92. The number of rotatable bonds is 1. The molecule has 0 saturated carbocycles. The van der Waals surface area contributed by atoms with Gasteiger partial charge in [0.1, 0.15) is 5.15 Å². The predicted molar refractivity (Wildman–Crippen MR) is 40.7 cm³/mol. The van der Waals surface area contributed by atoms with Crippen molar-refractivity contribution in [3.05, 3.63) is 17.3 Å². The van der Waals surface area contributed by atoms with Crippen LogP contribution in [-0.4, -0.2) is 27.3 Å². The molecule has 1 rings (SSSR count). The molecule has 1 heterocycles. The zero-order valence-electron chi connectivity index (χ0n) is 5.40. The lowest BCUT2D eigenvalue weighted by atomic mass is 9.82. The van der Waals surface area contributed by atoms with Crippen molar-refractivity contribution >= 4 is 24.2 Å². The van der Waals surface area contributed by atoms with Crippen molar-refractivity contribution in [1.29, 1.82) is 0 Å². The van der Waals surface area contributed by atoms with Crippen molar-refractivity contribution in [2.75, 3.05) is 0 Å². The van der Waals surface area contributed by atoms with Crippen molar-refractivity contribution < 1.29 is 15.2 Å². The molecule has 0 bridgehead atoms. The maximum Gasteiger partial charge on any atom is 0.491 e. The smallest absolute Gasteiger partial charge is 0.491 e. The van der Waals surface area contributed by atoms with Crippen LogP contribution >= 0.6 is 11.6 Å². The van der Waals surface area contributed by atoms with E-state index in [-0.39, 0.29) is 16.5 Å². The fourth-order valence-corrected chi connectivity index (χ4v) is 0.875. The average molecular weight is 173 g/mol. The summed E-state index contributed by atoms with van der Waals surface area (Å²) >= 11 is 5.43. The van der Waals surface area contributed by atoms with Crippen molar-refractivity contribution in [3.63, 3.8) is 0 Å². The number of hydrogen-bond donors (Lipinski definition) is 3. The monoisotopic (exact) mass is 173 g/mol. The number of halogens is 1. The first-order chi connectivity index (χ1) is 5.11. The topological polar surface area (TPSA) is 73.6 Å². The molecule has 58 valence electrons. The zero-order valence-corrected chi connectivity index (χ0v) is 6.15. The fraction of sp³-hybridized carbons (Fsp3) is 0. The minimum atomic E-state index is -1.66. The molecule has 0 unspecified atom stereocenters. The normalized spacial score (nSPS) is 9.73. The molecule has 0 amide bonds. The van der Waals surface area contributed by atoms with Gasteiger partial charge in [-0.05, 0) is 6.07 Å². The molecule has 1 aromatic heterocycles. The Kier molecular flexibility index (Phi) is 2.33. The number of hydrogen-bond acceptors (Lipinski definition) is 4. The van der Waals surface area contributed by atoms with Gasteiger partial charge in [0.15, 0.2) is 0 Å². The molecule has 1 aromatic rings. The van der Waals surface area contributed by atoms with Crippen molar-refractivity contribution in [3.8, 4) is 5.88 Å². The summed E-state index contributed by atoms with van der Waals surface area (Å²) in [5.41, 5.74) is 0.0736. The first-order valence-electron chi connectivity index (χ1n) is 2.83. The third-order valence-corrected chi connectivity index (χ3v) is 1.44. The van der Waals surface area contributed by atoms with Gasteiger partial charge in [0, 0.05) is 5.46 Å². The van der Waals surface area contributed by atoms with E-state index in [1.807, 2.05) is 0 Å². The van der Waals surface area contributed by atoms with Gasteiger partial charge in [-0.3, -0.25) is 0 Å². The molecule has 0 aliphatic carbocycles. The molecule has 0 aliphatic heterocycles. The highest BCUT2D eigenvalue weighted by molar-refractivity contribution is 6.62. The average Bonchev–Trinajstić information content (AvgIpc) is 1.85. The van der Waals surface area contributed by atoms with Crippen molar-refractivity contribution in [2.24, 2.45) is 0 Å². The Morgan fingerprint density at radius 1 is 1.36 bits per heavy atom. The summed E-state index contributed by atoms with van der Waals surface area (Å²) in [7, 11) is -1.66.